The summed E-state index contributed by atoms with van der Waals surface area (Å²) in [5.74, 6) is 0. The van der Waals surface area contributed by atoms with Crippen molar-refractivity contribution < 1.29 is 18.6 Å². The number of benzene rings is 2. The molecular weight excluding hydrogens is 388 g/mol. The van der Waals surface area contributed by atoms with Gasteiger partial charge < -0.3 is 10.2 Å². The van der Waals surface area contributed by atoms with Crippen LogP contribution < -0.4 is 0 Å². The van der Waals surface area contributed by atoms with E-state index in [-0.39, 0.29) is 4.90 Å². The van der Waals surface area contributed by atoms with Crippen LogP contribution in [0.3, 0.4) is 0 Å². The zero-order chi connectivity index (χ0) is 21.2. The summed E-state index contributed by atoms with van der Waals surface area (Å²) in [6.45, 7) is 3.70. The van der Waals surface area contributed by atoms with Crippen LogP contribution in [0.25, 0.3) is 16.9 Å². The highest BCUT2D eigenvalue weighted by Crippen LogP contribution is 2.29. The van der Waals surface area contributed by atoms with Gasteiger partial charge in [0.05, 0.1) is 34.2 Å². The van der Waals surface area contributed by atoms with Crippen LogP contribution in [0, 0.1) is 6.92 Å². The molecule has 1 heterocycles. The minimum Gasteiger partial charge on any atom is -0.393 e. The topological polar surface area (TPSA) is 92.4 Å². The third-order valence-electron chi connectivity index (χ3n) is 4.78. The number of sulfone groups is 1. The second-order valence-electron chi connectivity index (χ2n) is 7.44. The Bertz CT molecular complexity index is 1070. The third-order valence-corrected chi connectivity index (χ3v) is 5.91. The molecule has 0 bridgehead atoms. The van der Waals surface area contributed by atoms with E-state index in [1.54, 1.807) is 35.9 Å². The highest BCUT2D eigenvalue weighted by molar-refractivity contribution is 7.90. The average molecular weight is 415 g/mol. The van der Waals surface area contributed by atoms with Crippen molar-refractivity contribution in [3.63, 3.8) is 0 Å². The van der Waals surface area contributed by atoms with Crippen molar-refractivity contribution in [1.82, 2.24) is 9.78 Å². The zero-order valence-electron chi connectivity index (χ0n) is 16.8. The molecule has 0 aliphatic carbocycles. The lowest BCUT2D eigenvalue weighted by Crippen LogP contribution is -2.06. The Morgan fingerprint density at radius 1 is 1.00 bits per heavy atom. The van der Waals surface area contributed by atoms with Crippen LogP contribution >= 0.6 is 0 Å². The molecule has 0 saturated carbocycles. The summed E-state index contributed by atoms with van der Waals surface area (Å²) in [5.41, 5.74) is 4.07. The highest BCUT2D eigenvalue weighted by Gasteiger charge is 2.18. The number of aryl methyl sites for hydroxylation is 1. The van der Waals surface area contributed by atoms with Gasteiger partial charge in [-0.2, -0.15) is 5.10 Å². The summed E-state index contributed by atoms with van der Waals surface area (Å²) < 4.78 is 25.2. The van der Waals surface area contributed by atoms with E-state index in [1.165, 1.54) is 6.26 Å². The molecule has 0 aliphatic heterocycles. The Morgan fingerprint density at radius 2 is 1.62 bits per heavy atom. The van der Waals surface area contributed by atoms with E-state index in [9.17, 15) is 18.6 Å². The van der Waals surface area contributed by atoms with E-state index in [4.69, 9.17) is 0 Å². The van der Waals surface area contributed by atoms with Crippen molar-refractivity contribution in [2.24, 2.45) is 0 Å². The van der Waals surface area contributed by atoms with E-state index >= 15 is 0 Å². The van der Waals surface area contributed by atoms with Crippen molar-refractivity contribution in [1.29, 1.82) is 0 Å². The van der Waals surface area contributed by atoms with Gasteiger partial charge in [-0.3, -0.25) is 0 Å². The standard InChI is InChI=1S/C22H26N2O4S/c1-15-4-7-17(8-5-15)21-14-20(22(26)13-6-16(2)25)23-24(21)18-9-11-19(12-10-18)29(3,27)28/h4-5,7-12,14,16,22,25-26H,6,13H2,1-3H3. The number of hydrogen-bond donors (Lipinski definition) is 2. The van der Waals surface area contributed by atoms with Crippen molar-refractivity contribution in [2.45, 2.75) is 43.8 Å². The fourth-order valence-electron chi connectivity index (χ4n) is 3.07. The van der Waals surface area contributed by atoms with Crippen LogP contribution in [0.2, 0.25) is 0 Å². The zero-order valence-corrected chi connectivity index (χ0v) is 17.6. The monoisotopic (exact) mass is 414 g/mol. The molecule has 0 saturated heterocycles. The number of rotatable bonds is 7. The van der Waals surface area contributed by atoms with Gasteiger partial charge in [-0.1, -0.05) is 29.8 Å². The third kappa shape index (κ3) is 5.12. The molecule has 2 aromatic carbocycles. The predicted octanol–water partition coefficient (Wildman–Crippen LogP) is 3.45. The maximum absolute atomic E-state index is 11.7. The molecule has 154 valence electrons. The van der Waals surface area contributed by atoms with Crippen molar-refractivity contribution in [3.8, 4) is 16.9 Å². The minimum atomic E-state index is -3.29. The Kier molecular flexibility index (Phi) is 6.21. The first kappa shape index (κ1) is 21.2. The summed E-state index contributed by atoms with van der Waals surface area (Å²) in [5, 5.41) is 24.6. The van der Waals surface area contributed by atoms with Gasteiger partial charge in [0.25, 0.3) is 0 Å². The van der Waals surface area contributed by atoms with Crippen LogP contribution in [0.15, 0.2) is 59.5 Å². The molecule has 0 radical (unpaired) electrons. The van der Waals surface area contributed by atoms with Crippen molar-refractivity contribution >= 4 is 9.84 Å². The summed E-state index contributed by atoms with van der Waals surface area (Å²) in [6.07, 6.45) is 0.744. The molecular formula is C22H26N2O4S. The Balaban J connectivity index is 2.05. The largest absolute Gasteiger partial charge is 0.393 e. The first-order valence-corrected chi connectivity index (χ1v) is 11.4. The molecule has 0 amide bonds. The Hall–Kier alpha value is -2.48. The van der Waals surface area contributed by atoms with Crippen LogP contribution in [-0.4, -0.2) is 40.8 Å². The predicted molar refractivity (Wildman–Crippen MR) is 113 cm³/mol. The van der Waals surface area contributed by atoms with Crippen molar-refractivity contribution in [2.75, 3.05) is 6.26 Å². The summed E-state index contributed by atoms with van der Waals surface area (Å²) in [4.78, 5) is 0.238. The normalized spacial score (nSPS) is 14.0. The molecule has 2 N–H and O–H groups in total. The molecule has 7 heteroatoms. The lowest BCUT2D eigenvalue weighted by atomic mass is 10.1. The number of nitrogens with zero attached hydrogens (tertiary/aromatic N) is 2. The first-order chi connectivity index (χ1) is 13.6. The number of aromatic nitrogens is 2. The fraction of sp³-hybridized carbons (Fsp3) is 0.318. The number of aliphatic hydroxyl groups excluding tert-OH is 2. The number of aliphatic hydroxyl groups is 2. The second kappa shape index (κ2) is 8.49. The van der Waals surface area contributed by atoms with Crippen LogP contribution in [0.5, 0.6) is 0 Å². The smallest absolute Gasteiger partial charge is 0.175 e. The molecule has 0 aliphatic rings. The van der Waals surface area contributed by atoms with Gasteiger partial charge in [0.1, 0.15) is 0 Å². The lowest BCUT2D eigenvalue weighted by Gasteiger charge is -2.10. The van der Waals surface area contributed by atoms with E-state index in [2.05, 4.69) is 5.10 Å². The lowest BCUT2D eigenvalue weighted by molar-refractivity contribution is 0.120. The van der Waals surface area contributed by atoms with Gasteiger partial charge in [-0.05, 0) is 57.0 Å². The molecule has 2 atom stereocenters. The molecule has 3 rings (SSSR count). The van der Waals surface area contributed by atoms with Gasteiger partial charge in [0.15, 0.2) is 9.84 Å². The van der Waals surface area contributed by atoms with Crippen LogP contribution in [0.4, 0.5) is 0 Å². The molecule has 29 heavy (non-hydrogen) atoms. The maximum Gasteiger partial charge on any atom is 0.175 e. The molecule has 0 fully saturated rings. The molecule has 1 aromatic heterocycles. The van der Waals surface area contributed by atoms with Crippen molar-refractivity contribution in [3.05, 3.63) is 65.9 Å². The summed E-state index contributed by atoms with van der Waals surface area (Å²) >= 11 is 0. The SMILES string of the molecule is Cc1ccc(-c2cc(C(O)CCC(C)O)nn2-c2ccc(S(C)(=O)=O)cc2)cc1. The van der Waals surface area contributed by atoms with E-state index in [0.717, 1.165) is 16.8 Å². The summed E-state index contributed by atoms with van der Waals surface area (Å²) in [6, 6.07) is 16.3. The number of hydrogen-bond acceptors (Lipinski definition) is 5. The molecule has 6 nitrogen and oxygen atoms in total. The van der Waals surface area contributed by atoms with Crippen LogP contribution in [-0.2, 0) is 9.84 Å². The Morgan fingerprint density at radius 3 is 2.17 bits per heavy atom. The van der Waals surface area contributed by atoms with E-state index in [0.29, 0.717) is 24.2 Å². The van der Waals surface area contributed by atoms with E-state index < -0.39 is 22.0 Å². The van der Waals surface area contributed by atoms with Gasteiger partial charge >= 0.3 is 0 Å². The quantitative estimate of drug-likeness (QED) is 0.618. The fourth-order valence-corrected chi connectivity index (χ4v) is 3.70. The minimum absolute atomic E-state index is 0.238. The Labute approximate surface area is 171 Å². The average Bonchev–Trinajstić information content (AvgIpc) is 3.11. The van der Waals surface area contributed by atoms with Gasteiger partial charge in [0.2, 0.25) is 0 Å². The first-order valence-electron chi connectivity index (χ1n) is 9.49. The highest BCUT2D eigenvalue weighted by atomic mass is 32.2. The maximum atomic E-state index is 11.7. The van der Waals surface area contributed by atoms with Gasteiger partial charge in [-0.15, -0.1) is 0 Å². The van der Waals surface area contributed by atoms with Crippen LogP contribution in [0.1, 0.15) is 37.1 Å². The second-order valence-corrected chi connectivity index (χ2v) is 9.46. The summed E-state index contributed by atoms with van der Waals surface area (Å²) in [7, 11) is -3.29. The molecule has 0 spiro atoms. The van der Waals surface area contributed by atoms with E-state index in [1.807, 2.05) is 37.3 Å². The van der Waals surface area contributed by atoms with Gasteiger partial charge in [-0.25, -0.2) is 13.1 Å². The molecule has 3 aromatic rings. The molecule has 2 unspecified atom stereocenters. The van der Waals surface area contributed by atoms with Gasteiger partial charge in [0, 0.05) is 11.8 Å².